The van der Waals surface area contributed by atoms with E-state index in [4.69, 9.17) is 11.0 Å². The first-order chi connectivity index (χ1) is 8.96. The predicted molar refractivity (Wildman–Crippen MR) is 73.5 cm³/mol. The maximum absolute atomic E-state index is 12.6. The lowest BCUT2D eigenvalue weighted by Gasteiger charge is -2.21. The highest BCUT2D eigenvalue weighted by molar-refractivity contribution is 9.10. The Morgan fingerprint density at radius 2 is 2.26 bits per heavy atom. The van der Waals surface area contributed by atoms with Crippen molar-refractivity contribution in [1.29, 1.82) is 5.26 Å². The number of aromatic nitrogens is 1. The number of nitriles is 1. The maximum atomic E-state index is 12.6. The Labute approximate surface area is 120 Å². The number of halogens is 1. The zero-order chi connectivity index (χ0) is 14.0. The van der Waals surface area contributed by atoms with Gasteiger partial charge in [-0.15, -0.1) is 0 Å². The van der Waals surface area contributed by atoms with Crippen molar-refractivity contribution in [1.82, 2.24) is 9.29 Å². The summed E-state index contributed by atoms with van der Waals surface area (Å²) in [6.07, 6.45) is 3.26. The van der Waals surface area contributed by atoms with E-state index < -0.39 is 10.0 Å². The molecule has 2 N–H and O–H groups in total. The number of anilines is 1. The van der Waals surface area contributed by atoms with Gasteiger partial charge in [0.25, 0.3) is 0 Å². The topological polar surface area (TPSA) is 100 Å². The molecular formula is C11H13BrN4O2S. The minimum atomic E-state index is -3.70. The largest absolute Gasteiger partial charge is 0.383 e. The fraction of sp³-hybridized carbons (Fsp3) is 0.455. The summed E-state index contributed by atoms with van der Waals surface area (Å²) in [5.74, 6) is -0.0224. The van der Waals surface area contributed by atoms with Crippen LogP contribution in [0.1, 0.15) is 19.3 Å². The van der Waals surface area contributed by atoms with Gasteiger partial charge in [-0.05, 0) is 34.8 Å². The van der Waals surface area contributed by atoms with Crippen LogP contribution in [-0.2, 0) is 10.0 Å². The van der Waals surface area contributed by atoms with Crippen LogP contribution in [0.2, 0.25) is 0 Å². The van der Waals surface area contributed by atoms with E-state index in [-0.39, 0.29) is 29.7 Å². The Kier molecular flexibility index (Phi) is 4.08. The molecule has 0 aliphatic heterocycles. The minimum Gasteiger partial charge on any atom is -0.383 e. The smallest absolute Gasteiger partial charge is 0.247 e. The van der Waals surface area contributed by atoms with Crippen molar-refractivity contribution in [2.45, 2.75) is 30.2 Å². The Morgan fingerprint density at radius 1 is 1.58 bits per heavy atom. The van der Waals surface area contributed by atoms with Gasteiger partial charge in [-0.3, -0.25) is 0 Å². The zero-order valence-electron chi connectivity index (χ0n) is 10.1. The van der Waals surface area contributed by atoms with E-state index in [9.17, 15) is 8.42 Å². The highest BCUT2D eigenvalue weighted by Crippen LogP contribution is 2.34. The Hall–Kier alpha value is -1.17. The summed E-state index contributed by atoms with van der Waals surface area (Å²) in [4.78, 5) is 3.84. The fourth-order valence-electron chi connectivity index (χ4n) is 1.79. The highest BCUT2D eigenvalue weighted by Gasteiger charge is 2.38. The van der Waals surface area contributed by atoms with Gasteiger partial charge in [-0.1, -0.05) is 0 Å². The summed E-state index contributed by atoms with van der Waals surface area (Å²) in [6, 6.07) is 3.40. The molecule has 1 aliphatic rings. The van der Waals surface area contributed by atoms with E-state index in [1.54, 1.807) is 0 Å². The Morgan fingerprint density at radius 3 is 2.84 bits per heavy atom. The van der Waals surface area contributed by atoms with Crippen LogP contribution >= 0.6 is 15.9 Å². The third-order valence-corrected chi connectivity index (χ3v) is 5.25. The van der Waals surface area contributed by atoms with Crippen LogP contribution < -0.4 is 5.73 Å². The van der Waals surface area contributed by atoms with Gasteiger partial charge in [0.15, 0.2) is 0 Å². The van der Waals surface area contributed by atoms with Crippen LogP contribution in [0.4, 0.5) is 5.82 Å². The molecule has 1 heterocycles. The Bertz CT molecular complexity index is 622. The molecular weight excluding hydrogens is 332 g/mol. The first kappa shape index (κ1) is 14.2. The molecule has 0 spiro atoms. The number of hydrogen-bond acceptors (Lipinski definition) is 5. The summed E-state index contributed by atoms with van der Waals surface area (Å²) < 4.78 is 27.0. The standard InChI is InChI=1S/C11H13BrN4O2S/c12-8-6-10(11(14)15-7-8)19(17,18)16(5-1-4-13)9-2-3-9/h6-7,9H,1-3,5H2,(H2,14,15). The SMILES string of the molecule is N#CCCN(C1CC1)S(=O)(=O)c1cc(Br)cnc1N. The number of nitrogens with two attached hydrogens (primary N) is 1. The normalized spacial score (nSPS) is 15.4. The second kappa shape index (κ2) is 5.45. The summed E-state index contributed by atoms with van der Waals surface area (Å²) in [7, 11) is -3.70. The van der Waals surface area contributed by atoms with Crippen LogP contribution in [0, 0.1) is 11.3 Å². The molecule has 1 aromatic heterocycles. The van der Waals surface area contributed by atoms with Gasteiger partial charge in [0.1, 0.15) is 10.7 Å². The highest BCUT2D eigenvalue weighted by atomic mass is 79.9. The molecule has 0 amide bonds. The van der Waals surface area contributed by atoms with E-state index in [1.807, 2.05) is 6.07 Å². The molecule has 102 valence electrons. The van der Waals surface area contributed by atoms with Crippen LogP contribution in [0.25, 0.3) is 0 Å². The molecule has 6 nitrogen and oxygen atoms in total. The second-order valence-electron chi connectivity index (χ2n) is 4.29. The van der Waals surface area contributed by atoms with Crippen LogP contribution in [0.5, 0.6) is 0 Å². The first-order valence-electron chi connectivity index (χ1n) is 5.76. The molecule has 1 fully saturated rings. The van der Waals surface area contributed by atoms with Gasteiger partial charge >= 0.3 is 0 Å². The molecule has 1 aromatic rings. The summed E-state index contributed by atoms with van der Waals surface area (Å²) >= 11 is 3.19. The molecule has 0 unspecified atom stereocenters. The third-order valence-electron chi connectivity index (χ3n) is 2.83. The van der Waals surface area contributed by atoms with Gasteiger partial charge in [-0.2, -0.15) is 9.57 Å². The Balaban J connectivity index is 2.39. The molecule has 8 heteroatoms. The fourth-order valence-corrected chi connectivity index (χ4v) is 4.05. The third kappa shape index (κ3) is 3.05. The first-order valence-corrected chi connectivity index (χ1v) is 8.00. The lowest BCUT2D eigenvalue weighted by atomic mass is 10.4. The minimum absolute atomic E-state index is 0.00767. The van der Waals surface area contributed by atoms with E-state index in [0.717, 1.165) is 12.8 Å². The summed E-state index contributed by atoms with van der Waals surface area (Å²) in [6.45, 7) is 0.190. The van der Waals surface area contributed by atoms with Gasteiger partial charge in [0.05, 0.1) is 6.07 Å². The van der Waals surface area contributed by atoms with E-state index in [2.05, 4.69) is 20.9 Å². The van der Waals surface area contributed by atoms with Crippen molar-refractivity contribution in [2.75, 3.05) is 12.3 Å². The van der Waals surface area contributed by atoms with Crippen molar-refractivity contribution >= 4 is 31.8 Å². The zero-order valence-corrected chi connectivity index (χ0v) is 12.5. The number of rotatable bonds is 5. The molecule has 0 atom stereocenters. The molecule has 1 saturated carbocycles. The number of hydrogen-bond donors (Lipinski definition) is 1. The lowest BCUT2D eigenvalue weighted by Crippen LogP contribution is -2.34. The van der Waals surface area contributed by atoms with Gasteiger partial charge < -0.3 is 5.73 Å². The van der Waals surface area contributed by atoms with E-state index in [0.29, 0.717) is 4.47 Å². The summed E-state index contributed by atoms with van der Waals surface area (Å²) in [5.41, 5.74) is 5.66. The molecule has 1 aliphatic carbocycles. The number of sulfonamides is 1. The number of nitrogens with zero attached hydrogens (tertiary/aromatic N) is 3. The molecule has 0 saturated heterocycles. The van der Waals surface area contributed by atoms with Crippen LogP contribution in [0.3, 0.4) is 0 Å². The number of nitrogen functional groups attached to an aromatic ring is 1. The maximum Gasteiger partial charge on any atom is 0.247 e. The molecule has 2 rings (SSSR count). The van der Waals surface area contributed by atoms with E-state index >= 15 is 0 Å². The van der Waals surface area contributed by atoms with Crippen LogP contribution in [0.15, 0.2) is 21.6 Å². The van der Waals surface area contributed by atoms with Gasteiger partial charge in [0, 0.05) is 29.7 Å². The predicted octanol–water partition coefficient (Wildman–Crippen LogP) is 1.49. The molecule has 0 radical (unpaired) electrons. The monoisotopic (exact) mass is 344 g/mol. The van der Waals surface area contributed by atoms with Crippen molar-refractivity contribution in [2.24, 2.45) is 0 Å². The van der Waals surface area contributed by atoms with Crippen molar-refractivity contribution in [3.05, 3.63) is 16.7 Å². The quantitative estimate of drug-likeness (QED) is 0.871. The number of pyridine rings is 1. The molecule has 0 bridgehead atoms. The van der Waals surface area contributed by atoms with Crippen molar-refractivity contribution in [3.63, 3.8) is 0 Å². The van der Waals surface area contributed by atoms with Gasteiger partial charge in [-0.25, -0.2) is 13.4 Å². The second-order valence-corrected chi connectivity index (χ2v) is 7.07. The average molecular weight is 345 g/mol. The summed E-state index contributed by atoms with van der Waals surface area (Å²) in [5, 5.41) is 8.64. The van der Waals surface area contributed by atoms with E-state index in [1.165, 1.54) is 16.6 Å². The lowest BCUT2D eigenvalue weighted by molar-refractivity contribution is 0.411. The molecule has 0 aromatic carbocycles. The van der Waals surface area contributed by atoms with Crippen molar-refractivity contribution in [3.8, 4) is 6.07 Å². The molecule has 19 heavy (non-hydrogen) atoms. The van der Waals surface area contributed by atoms with Crippen LogP contribution in [-0.4, -0.2) is 30.3 Å². The van der Waals surface area contributed by atoms with Gasteiger partial charge in [0.2, 0.25) is 10.0 Å². The van der Waals surface area contributed by atoms with Crippen molar-refractivity contribution < 1.29 is 8.42 Å². The average Bonchev–Trinajstić information content (AvgIpc) is 3.17.